The fraction of sp³-hybridized carbons (Fsp3) is 0.538. The van der Waals surface area contributed by atoms with Crippen LogP contribution in [0.15, 0.2) is 24.3 Å². The van der Waals surface area contributed by atoms with Crippen LogP contribution in [0.1, 0.15) is 45.2 Å². The molecule has 0 fully saturated rings. The highest BCUT2D eigenvalue weighted by atomic mass is 35.5. The summed E-state index contributed by atoms with van der Waals surface area (Å²) in [5.74, 6) is 0. The maximum atomic E-state index is 6.11. The second-order valence-electron chi connectivity index (χ2n) is 5.26. The maximum Gasteiger partial charge on any atom is 0.0409 e. The molecule has 1 aromatic rings. The molecule has 0 aliphatic carbocycles. The maximum absolute atomic E-state index is 6.11. The summed E-state index contributed by atoms with van der Waals surface area (Å²) >= 11 is 5.92. The van der Waals surface area contributed by atoms with Gasteiger partial charge in [-0.25, -0.2) is 0 Å². The minimum atomic E-state index is 0.0999. The van der Waals surface area contributed by atoms with Crippen LogP contribution in [0.25, 0.3) is 0 Å². The quantitative estimate of drug-likeness (QED) is 0.821. The van der Waals surface area contributed by atoms with Gasteiger partial charge < -0.3 is 5.73 Å². The lowest BCUT2D eigenvalue weighted by atomic mass is 9.87. The van der Waals surface area contributed by atoms with Crippen LogP contribution in [0.2, 0.25) is 5.02 Å². The SMILES string of the molecule is CC(C)(C)CCC(N)c1cccc(Cl)c1. The van der Waals surface area contributed by atoms with E-state index in [4.69, 9.17) is 17.3 Å². The molecule has 15 heavy (non-hydrogen) atoms. The number of hydrogen-bond donors (Lipinski definition) is 1. The van der Waals surface area contributed by atoms with Gasteiger partial charge in [0.15, 0.2) is 0 Å². The third kappa shape index (κ3) is 4.67. The average molecular weight is 226 g/mol. The molecular formula is C13H20ClN. The molecule has 0 aliphatic heterocycles. The van der Waals surface area contributed by atoms with E-state index in [1.54, 1.807) is 0 Å². The number of benzene rings is 1. The van der Waals surface area contributed by atoms with Crippen LogP contribution in [0.5, 0.6) is 0 Å². The molecule has 1 aromatic carbocycles. The molecule has 0 bridgehead atoms. The molecule has 0 heterocycles. The van der Waals surface area contributed by atoms with E-state index in [0.29, 0.717) is 5.41 Å². The van der Waals surface area contributed by atoms with Crippen molar-refractivity contribution in [1.82, 2.24) is 0 Å². The van der Waals surface area contributed by atoms with Crippen molar-refractivity contribution in [3.05, 3.63) is 34.9 Å². The van der Waals surface area contributed by atoms with E-state index in [-0.39, 0.29) is 6.04 Å². The van der Waals surface area contributed by atoms with Crippen LogP contribution in [0.4, 0.5) is 0 Å². The zero-order chi connectivity index (χ0) is 11.5. The van der Waals surface area contributed by atoms with E-state index in [2.05, 4.69) is 20.8 Å². The van der Waals surface area contributed by atoms with Gasteiger partial charge in [0, 0.05) is 11.1 Å². The Labute approximate surface area is 97.6 Å². The summed E-state index contributed by atoms with van der Waals surface area (Å²) in [6.07, 6.45) is 2.13. The second kappa shape index (κ2) is 5.00. The molecule has 1 atom stereocenters. The fourth-order valence-electron chi connectivity index (χ4n) is 1.49. The van der Waals surface area contributed by atoms with Crippen molar-refractivity contribution in [1.29, 1.82) is 0 Å². The summed E-state index contributed by atoms with van der Waals surface area (Å²) in [5, 5.41) is 0.763. The highest BCUT2D eigenvalue weighted by Crippen LogP contribution is 2.26. The van der Waals surface area contributed by atoms with Gasteiger partial charge >= 0.3 is 0 Å². The van der Waals surface area contributed by atoms with Crippen LogP contribution < -0.4 is 5.73 Å². The molecular weight excluding hydrogens is 206 g/mol. The van der Waals surface area contributed by atoms with Gasteiger partial charge in [-0.15, -0.1) is 0 Å². The van der Waals surface area contributed by atoms with Gasteiger partial charge in [0.05, 0.1) is 0 Å². The smallest absolute Gasteiger partial charge is 0.0409 e. The lowest BCUT2D eigenvalue weighted by Crippen LogP contribution is -2.14. The molecule has 1 nitrogen and oxygen atoms in total. The Morgan fingerprint density at radius 2 is 2.00 bits per heavy atom. The molecule has 2 N–H and O–H groups in total. The average Bonchev–Trinajstić information content (AvgIpc) is 2.13. The van der Waals surface area contributed by atoms with Crippen LogP contribution in [-0.4, -0.2) is 0 Å². The Morgan fingerprint density at radius 1 is 1.33 bits per heavy atom. The topological polar surface area (TPSA) is 26.0 Å². The summed E-state index contributed by atoms with van der Waals surface area (Å²) in [7, 11) is 0. The highest BCUT2D eigenvalue weighted by molar-refractivity contribution is 6.30. The Kier molecular flexibility index (Phi) is 4.18. The molecule has 0 aromatic heterocycles. The van der Waals surface area contributed by atoms with Gasteiger partial charge in [0.2, 0.25) is 0 Å². The monoisotopic (exact) mass is 225 g/mol. The van der Waals surface area contributed by atoms with Gasteiger partial charge in [-0.05, 0) is 36.0 Å². The van der Waals surface area contributed by atoms with Crippen LogP contribution in [0.3, 0.4) is 0 Å². The van der Waals surface area contributed by atoms with Crippen molar-refractivity contribution in [2.24, 2.45) is 11.1 Å². The van der Waals surface area contributed by atoms with E-state index in [1.165, 1.54) is 0 Å². The van der Waals surface area contributed by atoms with Gasteiger partial charge in [-0.3, -0.25) is 0 Å². The first-order valence-corrected chi connectivity index (χ1v) is 5.77. The lowest BCUT2D eigenvalue weighted by molar-refractivity contribution is 0.350. The molecule has 0 saturated heterocycles. The fourth-order valence-corrected chi connectivity index (χ4v) is 1.69. The number of halogens is 1. The molecule has 1 rings (SSSR count). The molecule has 0 amide bonds. The molecule has 0 aliphatic rings. The van der Waals surface area contributed by atoms with Gasteiger partial charge in [0.1, 0.15) is 0 Å². The Balaban J connectivity index is 2.58. The molecule has 1 unspecified atom stereocenters. The first kappa shape index (κ1) is 12.5. The summed E-state index contributed by atoms with van der Waals surface area (Å²) in [6, 6.07) is 7.92. The third-order valence-corrected chi connectivity index (χ3v) is 2.72. The zero-order valence-corrected chi connectivity index (χ0v) is 10.5. The Bertz CT molecular complexity index is 315. The largest absolute Gasteiger partial charge is 0.324 e. The normalized spacial score (nSPS) is 13.9. The third-order valence-electron chi connectivity index (χ3n) is 2.48. The van der Waals surface area contributed by atoms with Crippen molar-refractivity contribution in [2.45, 2.75) is 39.7 Å². The second-order valence-corrected chi connectivity index (χ2v) is 5.70. The van der Waals surface area contributed by atoms with Crippen LogP contribution in [-0.2, 0) is 0 Å². The van der Waals surface area contributed by atoms with Crippen molar-refractivity contribution in [2.75, 3.05) is 0 Å². The lowest BCUT2D eigenvalue weighted by Gasteiger charge is -2.21. The van der Waals surface area contributed by atoms with Crippen molar-refractivity contribution < 1.29 is 0 Å². The summed E-state index contributed by atoms with van der Waals surface area (Å²) < 4.78 is 0. The van der Waals surface area contributed by atoms with Crippen LogP contribution in [0, 0.1) is 5.41 Å². The van der Waals surface area contributed by atoms with Gasteiger partial charge in [0.25, 0.3) is 0 Å². The van der Waals surface area contributed by atoms with E-state index in [9.17, 15) is 0 Å². The molecule has 0 radical (unpaired) electrons. The minimum absolute atomic E-state index is 0.0999. The van der Waals surface area contributed by atoms with E-state index >= 15 is 0 Å². The van der Waals surface area contributed by atoms with Crippen molar-refractivity contribution >= 4 is 11.6 Å². The molecule has 84 valence electrons. The van der Waals surface area contributed by atoms with Gasteiger partial charge in [-0.2, -0.15) is 0 Å². The van der Waals surface area contributed by atoms with Gasteiger partial charge in [-0.1, -0.05) is 44.5 Å². The first-order valence-electron chi connectivity index (χ1n) is 5.39. The highest BCUT2D eigenvalue weighted by Gasteiger charge is 2.13. The molecule has 0 spiro atoms. The Morgan fingerprint density at radius 3 is 2.53 bits per heavy atom. The predicted molar refractivity (Wildman–Crippen MR) is 67.1 cm³/mol. The minimum Gasteiger partial charge on any atom is -0.324 e. The van der Waals surface area contributed by atoms with Crippen LogP contribution >= 0.6 is 11.6 Å². The summed E-state index contributed by atoms with van der Waals surface area (Å²) in [5.41, 5.74) is 7.59. The van der Waals surface area contributed by atoms with E-state index < -0.39 is 0 Å². The number of rotatable bonds is 3. The molecule has 2 heteroatoms. The van der Waals surface area contributed by atoms with E-state index in [1.807, 2.05) is 24.3 Å². The Hall–Kier alpha value is -0.530. The predicted octanol–water partition coefficient (Wildman–Crippen LogP) is 4.17. The summed E-state index contributed by atoms with van der Waals surface area (Å²) in [6.45, 7) is 6.70. The first-order chi connectivity index (χ1) is 6.88. The zero-order valence-electron chi connectivity index (χ0n) is 9.76. The number of hydrogen-bond acceptors (Lipinski definition) is 1. The number of nitrogens with two attached hydrogens (primary N) is 1. The standard InChI is InChI=1S/C13H20ClN/c1-13(2,3)8-7-12(15)10-5-4-6-11(14)9-10/h4-6,9,12H,7-8,15H2,1-3H3. The van der Waals surface area contributed by atoms with E-state index in [0.717, 1.165) is 23.4 Å². The molecule has 0 saturated carbocycles. The van der Waals surface area contributed by atoms with Crippen molar-refractivity contribution in [3.63, 3.8) is 0 Å². The van der Waals surface area contributed by atoms with Crippen molar-refractivity contribution in [3.8, 4) is 0 Å². The summed E-state index contributed by atoms with van der Waals surface area (Å²) in [4.78, 5) is 0.